The highest BCUT2D eigenvalue weighted by atomic mass is 79.9. The first-order valence-electron chi connectivity index (χ1n) is 5.50. The van der Waals surface area contributed by atoms with Crippen molar-refractivity contribution < 1.29 is 13.2 Å². The van der Waals surface area contributed by atoms with E-state index in [1.165, 1.54) is 0 Å². The van der Waals surface area contributed by atoms with Crippen LogP contribution in [0.2, 0.25) is 0 Å². The molecule has 2 rings (SSSR count). The van der Waals surface area contributed by atoms with Gasteiger partial charge in [-0.2, -0.15) is 0 Å². The van der Waals surface area contributed by atoms with Crippen molar-refractivity contribution in [3.8, 4) is 0 Å². The molecule has 19 heavy (non-hydrogen) atoms. The highest BCUT2D eigenvalue weighted by Gasteiger charge is 2.17. The van der Waals surface area contributed by atoms with Gasteiger partial charge in [0.25, 0.3) is 0 Å². The van der Waals surface area contributed by atoms with Gasteiger partial charge in [0.2, 0.25) is 0 Å². The number of benzene rings is 2. The Hall–Kier alpha value is -0.810. The van der Waals surface area contributed by atoms with Gasteiger partial charge >= 0.3 is 0 Å². The molecule has 100 valence electrons. The van der Waals surface area contributed by atoms with E-state index < -0.39 is 22.3 Å². The Bertz CT molecular complexity index is 599. The third-order valence-electron chi connectivity index (χ3n) is 2.68. The quantitative estimate of drug-likeness (QED) is 0.474. The summed E-state index contributed by atoms with van der Waals surface area (Å²) in [5.74, 6) is -2.98. The second-order valence-corrected chi connectivity index (χ2v) is 6.11. The van der Waals surface area contributed by atoms with Crippen LogP contribution in [0.4, 0.5) is 13.2 Å². The Balaban J connectivity index is 2.25. The maximum Gasteiger partial charge on any atom is 0.161 e. The molecule has 5 heteroatoms. The van der Waals surface area contributed by atoms with Crippen molar-refractivity contribution in [2.24, 2.45) is 0 Å². The molecule has 0 amide bonds. The molecule has 0 heterocycles. The van der Waals surface area contributed by atoms with Gasteiger partial charge < -0.3 is 0 Å². The number of alkyl halides is 1. The molecule has 0 spiro atoms. The minimum atomic E-state index is -1.18. The molecule has 0 aliphatic heterocycles. The van der Waals surface area contributed by atoms with Gasteiger partial charge in [0.15, 0.2) is 11.6 Å². The van der Waals surface area contributed by atoms with Gasteiger partial charge in [-0.25, -0.2) is 13.2 Å². The first kappa shape index (κ1) is 14.6. The van der Waals surface area contributed by atoms with E-state index >= 15 is 0 Å². The van der Waals surface area contributed by atoms with Gasteiger partial charge in [-0.1, -0.05) is 44.0 Å². The fraction of sp³-hybridized carbons (Fsp3) is 0.143. The van der Waals surface area contributed by atoms with E-state index in [-0.39, 0.29) is 5.56 Å². The van der Waals surface area contributed by atoms with Crippen LogP contribution in [0.5, 0.6) is 0 Å². The summed E-state index contributed by atoms with van der Waals surface area (Å²) >= 11 is 6.66. The van der Waals surface area contributed by atoms with Crippen molar-refractivity contribution in [1.82, 2.24) is 0 Å². The summed E-state index contributed by atoms with van der Waals surface area (Å²) in [5.41, 5.74) is 1.07. The average molecular weight is 394 g/mol. The summed E-state index contributed by atoms with van der Waals surface area (Å²) in [5, 5.41) is 0. The molecule has 0 aliphatic carbocycles. The average Bonchev–Trinajstić information content (AvgIpc) is 2.33. The Labute approximate surface area is 125 Å². The second kappa shape index (κ2) is 6.09. The van der Waals surface area contributed by atoms with E-state index in [9.17, 15) is 13.2 Å². The molecule has 0 radical (unpaired) electrons. The van der Waals surface area contributed by atoms with Gasteiger partial charge in [-0.15, -0.1) is 0 Å². The second-order valence-electron chi connectivity index (χ2n) is 4.09. The molecule has 0 nitrogen and oxygen atoms in total. The summed E-state index contributed by atoms with van der Waals surface area (Å²) in [7, 11) is 0. The highest BCUT2D eigenvalue weighted by molar-refractivity contribution is 9.10. The molecule has 2 aromatic carbocycles. The van der Waals surface area contributed by atoms with Gasteiger partial charge in [0.05, 0.1) is 0 Å². The van der Waals surface area contributed by atoms with Crippen molar-refractivity contribution >= 4 is 31.9 Å². The van der Waals surface area contributed by atoms with Crippen molar-refractivity contribution in [3.63, 3.8) is 0 Å². The molecule has 1 unspecified atom stereocenters. The zero-order valence-corrected chi connectivity index (χ0v) is 12.8. The number of hydrogen-bond acceptors (Lipinski definition) is 0. The van der Waals surface area contributed by atoms with E-state index in [0.29, 0.717) is 12.5 Å². The van der Waals surface area contributed by atoms with Gasteiger partial charge in [-0.3, -0.25) is 0 Å². The van der Waals surface area contributed by atoms with Crippen molar-refractivity contribution in [2.75, 3.05) is 0 Å². The van der Waals surface area contributed by atoms with Crippen LogP contribution in [0, 0.1) is 17.5 Å². The maximum atomic E-state index is 13.6. The Morgan fingerprint density at radius 3 is 2.32 bits per heavy atom. The van der Waals surface area contributed by atoms with Gasteiger partial charge in [0.1, 0.15) is 5.82 Å². The van der Waals surface area contributed by atoms with E-state index in [4.69, 9.17) is 0 Å². The van der Waals surface area contributed by atoms with Crippen LogP contribution < -0.4 is 0 Å². The maximum absolute atomic E-state index is 13.6. The molecule has 0 fully saturated rings. The molecular weight excluding hydrogens is 385 g/mol. The summed E-state index contributed by atoms with van der Waals surface area (Å²) < 4.78 is 40.5. The Morgan fingerprint density at radius 1 is 0.947 bits per heavy atom. The van der Waals surface area contributed by atoms with Crippen LogP contribution in [-0.2, 0) is 6.42 Å². The van der Waals surface area contributed by atoms with E-state index in [2.05, 4.69) is 31.9 Å². The fourth-order valence-electron chi connectivity index (χ4n) is 1.76. The summed E-state index contributed by atoms with van der Waals surface area (Å²) in [6, 6.07) is 8.98. The molecule has 1 atom stereocenters. The first-order chi connectivity index (χ1) is 8.97. The monoisotopic (exact) mass is 392 g/mol. The van der Waals surface area contributed by atoms with E-state index in [1.54, 1.807) is 0 Å². The molecule has 2 aromatic rings. The van der Waals surface area contributed by atoms with Crippen LogP contribution in [0.15, 0.2) is 40.9 Å². The summed E-state index contributed by atoms with van der Waals surface area (Å²) in [6.45, 7) is 0. The zero-order chi connectivity index (χ0) is 14.0. The fourth-order valence-corrected chi connectivity index (χ4v) is 2.93. The smallest absolute Gasteiger partial charge is 0.161 e. The molecule has 0 saturated carbocycles. The lowest BCUT2D eigenvalue weighted by molar-refractivity contribution is 0.489. The Kier molecular flexibility index (Phi) is 4.68. The van der Waals surface area contributed by atoms with Crippen LogP contribution in [0.3, 0.4) is 0 Å². The Morgan fingerprint density at radius 2 is 1.63 bits per heavy atom. The molecule has 0 aliphatic rings. The molecular formula is C14H9Br2F3. The largest absolute Gasteiger partial charge is 0.207 e. The van der Waals surface area contributed by atoms with Gasteiger partial charge in [-0.05, 0) is 30.2 Å². The molecule has 0 bridgehead atoms. The number of hydrogen-bond donors (Lipinski definition) is 0. The summed E-state index contributed by atoms with van der Waals surface area (Å²) in [6.07, 6.45) is 0.474. The zero-order valence-electron chi connectivity index (χ0n) is 9.64. The van der Waals surface area contributed by atoms with Crippen molar-refractivity contribution in [1.29, 1.82) is 0 Å². The molecule has 0 N–H and O–H groups in total. The minimum Gasteiger partial charge on any atom is -0.207 e. The van der Waals surface area contributed by atoms with Crippen LogP contribution in [0.25, 0.3) is 0 Å². The van der Waals surface area contributed by atoms with Gasteiger partial charge in [0, 0.05) is 20.9 Å². The summed E-state index contributed by atoms with van der Waals surface area (Å²) in [4.78, 5) is -0.420. The van der Waals surface area contributed by atoms with Crippen molar-refractivity contribution in [3.05, 3.63) is 69.4 Å². The molecule has 0 aromatic heterocycles. The number of rotatable bonds is 3. The van der Waals surface area contributed by atoms with E-state index in [1.807, 2.05) is 24.3 Å². The third kappa shape index (κ3) is 3.60. The highest BCUT2D eigenvalue weighted by Crippen LogP contribution is 2.31. The third-order valence-corrected chi connectivity index (χ3v) is 3.99. The minimum absolute atomic E-state index is 0.110. The lowest BCUT2D eigenvalue weighted by Crippen LogP contribution is -2.01. The van der Waals surface area contributed by atoms with Crippen LogP contribution in [-0.4, -0.2) is 0 Å². The normalized spacial score (nSPS) is 12.5. The SMILES string of the molecule is Fc1cc(F)c(C(Br)Cc2cccc(Br)c2)cc1F. The first-order valence-corrected chi connectivity index (χ1v) is 7.21. The molecule has 0 saturated heterocycles. The van der Waals surface area contributed by atoms with Crippen LogP contribution >= 0.6 is 31.9 Å². The topological polar surface area (TPSA) is 0 Å². The van der Waals surface area contributed by atoms with Crippen LogP contribution in [0.1, 0.15) is 16.0 Å². The standard InChI is InChI=1S/C14H9Br2F3/c15-9-3-1-2-8(4-9)5-11(16)10-6-13(18)14(19)7-12(10)17/h1-4,6-7,11H,5H2. The lowest BCUT2D eigenvalue weighted by atomic mass is 10.0. The predicted molar refractivity (Wildman–Crippen MR) is 75.8 cm³/mol. The number of halogens is 5. The van der Waals surface area contributed by atoms with E-state index in [0.717, 1.165) is 16.1 Å². The van der Waals surface area contributed by atoms with Crippen molar-refractivity contribution in [2.45, 2.75) is 11.2 Å². The lowest BCUT2D eigenvalue weighted by Gasteiger charge is -2.12. The predicted octanol–water partition coefficient (Wildman–Crippen LogP) is 5.55.